The summed E-state index contributed by atoms with van der Waals surface area (Å²) in [5, 5.41) is 38.7. The van der Waals surface area contributed by atoms with E-state index in [0.717, 1.165) is 17.8 Å². The minimum atomic E-state index is -0.733. The molecule has 2 aromatic carbocycles. The van der Waals surface area contributed by atoms with Crippen molar-refractivity contribution in [2.45, 2.75) is 17.0 Å². The van der Waals surface area contributed by atoms with E-state index in [1.54, 1.807) is 13.0 Å². The molecule has 0 fully saturated rings. The van der Waals surface area contributed by atoms with Gasteiger partial charge in [0.2, 0.25) is 10.9 Å². The zero-order valence-electron chi connectivity index (χ0n) is 15.8. The molecule has 0 aliphatic rings. The van der Waals surface area contributed by atoms with E-state index < -0.39 is 15.6 Å². The second kappa shape index (κ2) is 8.97. The van der Waals surface area contributed by atoms with Crippen molar-refractivity contribution in [3.8, 4) is 6.07 Å². The van der Waals surface area contributed by atoms with E-state index >= 15 is 0 Å². The predicted molar refractivity (Wildman–Crippen MR) is 109 cm³/mol. The van der Waals surface area contributed by atoms with Gasteiger partial charge in [-0.2, -0.15) is 5.26 Å². The summed E-state index contributed by atoms with van der Waals surface area (Å²) < 4.78 is 0. The lowest BCUT2D eigenvalue weighted by Crippen LogP contribution is -2.03. The SMILES string of the molecule is Cc1nc(Sc2ccc(/C=C(/C#N)C(=O)c3cccc([N+](=O)[O-])c3)cc2[N+](=O)[O-])n[nH]1. The van der Waals surface area contributed by atoms with Gasteiger partial charge in [0, 0.05) is 23.8 Å². The number of allylic oxidation sites excluding steroid dienone is 1. The number of aromatic nitrogens is 3. The first-order valence-electron chi connectivity index (χ1n) is 8.54. The number of ketones is 1. The normalized spacial score (nSPS) is 11.0. The summed E-state index contributed by atoms with van der Waals surface area (Å²) in [7, 11) is 0. The van der Waals surface area contributed by atoms with Crippen LogP contribution in [0.15, 0.2) is 58.1 Å². The molecule has 3 aromatic rings. The fraction of sp³-hybridized carbons (Fsp3) is 0.0526. The number of hydrogen-bond donors (Lipinski definition) is 1. The molecule has 31 heavy (non-hydrogen) atoms. The molecule has 12 heteroatoms. The maximum Gasteiger partial charge on any atom is 0.283 e. The number of nitro benzene ring substituents is 2. The monoisotopic (exact) mass is 436 g/mol. The molecule has 0 radical (unpaired) electrons. The first-order valence-corrected chi connectivity index (χ1v) is 9.36. The molecule has 0 amide bonds. The third-order valence-electron chi connectivity index (χ3n) is 3.95. The van der Waals surface area contributed by atoms with Crippen molar-refractivity contribution in [1.29, 1.82) is 5.26 Å². The van der Waals surface area contributed by atoms with Gasteiger partial charge in [-0.25, -0.2) is 4.98 Å². The number of carbonyl (C=O) groups excluding carboxylic acids is 1. The van der Waals surface area contributed by atoms with Crippen LogP contribution in [-0.2, 0) is 0 Å². The number of nitrogens with one attached hydrogen (secondary N) is 1. The zero-order valence-corrected chi connectivity index (χ0v) is 16.6. The molecule has 0 bridgehead atoms. The summed E-state index contributed by atoms with van der Waals surface area (Å²) in [5.74, 6) is -0.175. The number of non-ortho nitro benzene ring substituents is 1. The molecule has 154 valence electrons. The summed E-state index contributed by atoms with van der Waals surface area (Å²) in [6.07, 6.45) is 1.19. The molecule has 3 rings (SSSR count). The summed E-state index contributed by atoms with van der Waals surface area (Å²) in [4.78, 5) is 38.2. The van der Waals surface area contributed by atoms with Gasteiger partial charge in [0.25, 0.3) is 11.4 Å². The average molecular weight is 436 g/mol. The largest absolute Gasteiger partial charge is 0.288 e. The molecule has 0 saturated carbocycles. The lowest BCUT2D eigenvalue weighted by molar-refractivity contribution is -0.387. The Labute approximate surface area is 178 Å². The van der Waals surface area contributed by atoms with Gasteiger partial charge in [0.1, 0.15) is 17.5 Å². The van der Waals surface area contributed by atoms with E-state index in [4.69, 9.17) is 0 Å². The Balaban J connectivity index is 1.95. The van der Waals surface area contributed by atoms with E-state index in [1.807, 2.05) is 0 Å². The lowest BCUT2D eigenvalue weighted by atomic mass is 10.0. The molecule has 0 atom stereocenters. The summed E-state index contributed by atoms with van der Waals surface area (Å²) in [5.41, 5.74) is -0.648. The smallest absolute Gasteiger partial charge is 0.283 e. The topological polar surface area (TPSA) is 169 Å². The molecule has 11 nitrogen and oxygen atoms in total. The van der Waals surface area contributed by atoms with Crippen molar-refractivity contribution in [3.05, 3.63) is 85.2 Å². The van der Waals surface area contributed by atoms with Crippen molar-refractivity contribution < 1.29 is 14.6 Å². The second-order valence-corrected chi connectivity index (χ2v) is 7.11. The minimum absolute atomic E-state index is 0.0383. The highest BCUT2D eigenvalue weighted by molar-refractivity contribution is 7.99. The van der Waals surface area contributed by atoms with Crippen LogP contribution >= 0.6 is 11.8 Å². The van der Waals surface area contributed by atoms with Gasteiger partial charge >= 0.3 is 0 Å². The molecule has 0 unspecified atom stereocenters. The van der Waals surface area contributed by atoms with Crippen LogP contribution in [-0.4, -0.2) is 30.8 Å². The highest BCUT2D eigenvalue weighted by Crippen LogP contribution is 2.34. The Morgan fingerprint density at radius 3 is 2.58 bits per heavy atom. The summed E-state index contributed by atoms with van der Waals surface area (Å²) in [6, 6.07) is 10.9. The Morgan fingerprint density at radius 1 is 1.19 bits per heavy atom. The molecule has 1 heterocycles. The van der Waals surface area contributed by atoms with Crippen molar-refractivity contribution in [1.82, 2.24) is 15.2 Å². The first-order chi connectivity index (χ1) is 14.8. The molecular formula is C19H12N6O5S. The van der Waals surface area contributed by atoms with Crippen LogP contribution in [0.2, 0.25) is 0 Å². The number of nitriles is 1. The van der Waals surface area contributed by atoms with Crippen LogP contribution in [0.25, 0.3) is 6.08 Å². The van der Waals surface area contributed by atoms with E-state index in [0.29, 0.717) is 11.0 Å². The summed E-state index contributed by atoms with van der Waals surface area (Å²) >= 11 is 0.993. The van der Waals surface area contributed by atoms with Gasteiger partial charge in [-0.15, -0.1) is 5.10 Å². The van der Waals surface area contributed by atoms with E-state index in [2.05, 4.69) is 15.2 Å². The number of nitro groups is 2. The third kappa shape index (κ3) is 4.98. The van der Waals surface area contributed by atoms with E-state index in [9.17, 15) is 30.3 Å². The molecule has 0 aliphatic heterocycles. The molecule has 0 spiro atoms. The molecule has 1 N–H and O–H groups in total. The van der Waals surface area contributed by atoms with Crippen molar-refractivity contribution in [3.63, 3.8) is 0 Å². The maximum absolute atomic E-state index is 12.6. The Morgan fingerprint density at radius 2 is 1.97 bits per heavy atom. The van der Waals surface area contributed by atoms with Gasteiger partial charge in [0.05, 0.1) is 14.7 Å². The molecule has 0 saturated heterocycles. The number of carbonyl (C=O) groups is 1. The van der Waals surface area contributed by atoms with E-state index in [1.165, 1.54) is 42.5 Å². The maximum atomic E-state index is 12.6. The molecular weight excluding hydrogens is 424 g/mol. The number of benzene rings is 2. The zero-order chi connectivity index (χ0) is 22.5. The van der Waals surface area contributed by atoms with Crippen LogP contribution < -0.4 is 0 Å². The summed E-state index contributed by atoms with van der Waals surface area (Å²) in [6.45, 7) is 1.70. The number of H-pyrrole nitrogens is 1. The van der Waals surface area contributed by atoms with Gasteiger partial charge in [-0.05, 0) is 36.4 Å². The fourth-order valence-electron chi connectivity index (χ4n) is 2.55. The Hall–Kier alpha value is -4.37. The second-order valence-electron chi connectivity index (χ2n) is 6.10. The van der Waals surface area contributed by atoms with Crippen LogP contribution in [0.4, 0.5) is 11.4 Å². The van der Waals surface area contributed by atoms with Gasteiger partial charge < -0.3 is 0 Å². The van der Waals surface area contributed by atoms with Gasteiger partial charge in [-0.1, -0.05) is 18.2 Å². The third-order valence-corrected chi connectivity index (χ3v) is 4.88. The molecule has 0 aliphatic carbocycles. The molecule has 1 aromatic heterocycles. The van der Waals surface area contributed by atoms with Crippen LogP contribution in [0, 0.1) is 38.5 Å². The van der Waals surface area contributed by atoms with Crippen molar-refractivity contribution in [2.24, 2.45) is 0 Å². The van der Waals surface area contributed by atoms with Gasteiger partial charge in [-0.3, -0.25) is 30.1 Å². The van der Waals surface area contributed by atoms with Crippen LogP contribution in [0.1, 0.15) is 21.7 Å². The first kappa shape index (κ1) is 21.3. The Bertz CT molecular complexity index is 1280. The number of aromatic amines is 1. The highest BCUT2D eigenvalue weighted by Gasteiger charge is 2.19. The fourth-order valence-corrected chi connectivity index (χ4v) is 3.40. The average Bonchev–Trinajstić information content (AvgIpc) is 3.16. The highest BCUT2D eigenvalue weighted by atomic mass is 32.2. The number of rotatable bonds is 7. The number of nitrogens with zero attached hydrogens (tertiary/aromatic N) is 5. The van der Waals surface area contributed by atoms with Crippen molar-refractivity contribution >= 4 is 35.0 Å². The number of Topliss-reactive ketones (excluding diaryl/α,β-unsaturated/α-hetero) is 1. The standard InChI is InChI=1S/C19H12N6O5S/c1-11-21-19(23-22-11)31-17-6-5-12(8-16(17)25(29)30)7-14(10-20)18(26)13-3-2-4-15(9-13)24(27)28/h2-9H,1H3,(H,21,22,23)/b14-7-. The van der Waals surface area contributed by atoms with Gasteiger partial charge in [0.15, 0.2) is 0 Å². The minimum Gasteiger partial charge on any atom is -0.288 e. The number of hydrogen-bond acceptors (Lipinski definition) is 9. The number of aryl methyl sites for hydroxylation is 1. The van der Waals surface area contributed by atoms with Crippen LogP contribution in [0.3, 0.4) is 0 Å². The quantitative estimate of drug-likeness (QED) is 0.190. The van der Waals surface area contributed by atoms with E-state index in [-0.39, 0.29) is 33.0 Å². The lowest BCUT2D eigenvalue weighted by Gasteiger charge is -2.03. The van der Waals surface area contributed by atoms with Crippen molar-refractivity contribution in [2.75, 3.05) is 0 Å². The predicted octanol–water partition coefficient (Wildman–Crippen LogP) is 3.87. The van der Waals surface area contributed by atoms with Crippen LogP contribution in [0.5, 0.6) is 0 Å². The Kier molecular flexibility index (Phi) is 6.18.